The van der Waals surface area contributed by atoms with Crippen LogP contribution in [0.3, 0.4) is 0 Å². The number of hydrogen-bond acceptors (Lipinski definition) is 4. The standard InChI is InChI=1S/C8H10N2OS/c1-6(2)8-10-4-7(12-8)3-9-5-11/h4,6H,3H2,1-2H3. The van der Waals surface area contributed by atoms with Gasteiger partial charge in [-0.3, -0.25) is 0 Å². The van der Waals surface area contributed by atoms with Crippen molar-refractivity contribution in [1.82, 2.24) is 4.98 Å². The van der Waals surface area contributed by atoms with Crippen molar-refractivity contribution in [3.63, 3.8) is 0 Å². The summed E-state index contributed by atoms with van der Waals surface area (Å²) in [5.41, 5.74) is 0. The Labute approximate surface area is 75.2 Å². The third-order valence-electron chi connectivity index (χ3n) is 1.36. The van der Waals surface area contributed by atoms with Crippen LogP contribution >= 0.6 is 11.3 Å². The third-order valence-corrected chi connectivity index (χ3v) is 2.65. The lowest BCUT2D eigenvalue weighted by atomic mass is 10.2. The minimum Gasteiger partial charge on any atom is -0.249 e. The fraction of sp³-hybridized carbons (Fsp3) is 0.500. The van der Waals surface area contributed by atoms with E-state index < -0.39 is 0 Å². The van der Waals surface area contributed by atoms with Gasteiger partial charge in [0.05, 0.1) is 11.6 Å². The molecule has 0 N–H and O–H groups in total. The Morgan fingerprint density at radius 2 is 2.50 bits per heavy atom. The topological polar surface area (TPSA) is 42.3 Å². The zero-order valence-electron chi connectivity index (χ0n) is 7.07. The average Bonchev–Trinajstić information content (AvgIpc) is 2.48. The molecule has 64 valence electrons. The Bertz CT molecular complexity index is 300. The van der Waals surface area contributed by atoms with Crippen molar-refractivity contribution in [3.05, 3.63) is 16.1 Å². The van der Waals surface area contributed by atoms with E-state index in [2.05, 4.69) is 23.8 Å². The number of aliphatic imine (C=N–C) groups is 1. The first-order valence-electron chi connectivity index (χ1n) is 3.72. The smallest absolute Gasteiger partial charge is 0.235 e. The van der Waals surface area contributed by atoms with Crippen molar-refractivity contribution >= 4 is 17.4 Å². The van der Waals surface area contributed by atoms with E-state index in [0.29, 0.717) is 12.5 Å². The van der Waals surface area contributed by atoms with Crippen molar-refractivity contribution in [1.29, 1.82) is 0 Å². The largest absolute Gasteiger partial charge is 0.249 e. The summed E-state index contributed by atoms with van der Waals surface area (Å²) in [5, 5.41) is 1.09. The predicted octanol–water partition coefficient (Wildman–Crippen LogP) is 2.10. The second-order valence-electron chi connectivity index (χ2n) is 2.73. The highest BCUT2D eigenvalue weighted by Gasteiger charge is 2.04. The molecule has 0 atom stereocenters. The number of isocyanates is 1. The summed E-state index contributed by atoms with van der Waals surface area (Å²) in [4.78, 5) is 18.5. The number of thiazole rings is 1. The summed E-state index contributed by atoms with van der Waals surface area (Å²) in [6, 6.07) is 0. The van der Waals surface area contributed by atoms with E-state index >= 15 is 0 Å². The minimum atomic E-state index is 0.411. The van der Waals surface area contributed by atoms with Gasteiger partial charge >= 0.3 is 0 Å². The third kappa shape index (κ3) is 2.26. The van der Waals surface area contributed by atoms with Crippen LogP contribution in [0.25, 0.3) is 0 Å². The molecule has 1 aromatic heterocycles. The van der Waals surface area contributed by atoms with Crippen LogP contribution in [0.1, 0.15) is 29.7 Å². The Kier molecular flexibility index (Phi) is 3.14. The van der Waals surface area contributed by atoms with Gasteiger partial charge in [0, 0.05) is 17.0 Å². The maximum Gasteiger partial charge on any atom is 0.235 e. The van der Waals surface area contributed by atoms with Crippen LogP contribution in [0, 0.1) is 0 Å². The molecule has 1 rings (SSSR count). The molecular formula is C8H10N2OS. The van der Waals surface area contributed by atoms with Gasteiger partial charge in [0.25, 0.3) is 0 Å². The van der Waals surface area contributed by atoms with Gasteiger partial charge in [-0.1, -0.05) is 13.8 Å². The normalized spacial score (nSPS) is 9.92. The number of hydrogen-bond donors (Lipinski definition) is 0. The first-order chi connectivity index (χ1) is 5.74. The van der Waals surface area contributed by atoms with Crippen LogP contribution < -0.4 is 0 Å². The van der Waals surface area contributed by atoms with E-state index in [1.54, 1.807) is 17.5 Å². The van der Waals surface area contributed by atoms with Crippen LogP contribution in [0.4, 0.5) is 0 Å². The zero-order chi connectivity index (χ0) is 8.97. The molecule has 0 aliphatic heterocycles. The Hall–Kier alpha value is -0.990. The number of nitrogens with zero attached hydrogens (tertiary/aromatic N) is 2. The van der Waals surface area contributed by atoms with Crippen LogP contribution in [0.5, 0.6) is 0 Å². The van der Waals surface area contributed by atoms with Gasteiger partial charge in [-0.2, -0.15) is 0 Å². The molecular weight excluding hydrogens is 172 g/mol. The molecule has 0 bridgehead atoms. The molecule has 1 aromatic rings. The molecule has 0 aromatic carbocycles. The molecule has 0 saturated carbocycles. The molecule has 0 aliphatic carbocycles. The number of aromatic nitrogens is 1. The summed E-state index contributed by atoms with van der Waals surface area (Å²) < 4.78 is 0. The summed E-state index contributed by atoms with van der Waals surface area (Å²) in [7, 11) is 0. The minimum absolute atomic E-state index is 0.411. The van der Waals surface area contributed by atoms with E-state index in [4.69, 9.17) is 0 Å². The van der Waals surface area contributed by atoms with Gasteiger partial charge in [-0.15, -0.1) is 11.3 Å². The molecule has 0 spiro atoms. The van der Waals surface area contributed by atoms with Crippen molar-refractivity contribution in [2.75, 3.05) is 0 Å². The van der Waals surface area contributed by atoms with E-state index in [9.17, 15) is 4.79 Å². The van der Waals surface area contributed by atoms with Gasteiger partial charge in [-0.05, 0) is 0 Å². The monoisotopic (exact) mass is 182 g/mol. The highest BCUT2D eigenvalue weighted by Crippen LogP contribution is 2.21. The second kappa shape index (κ2) is 4.14. The highest BCUT2D eigenvalue weighted by molar-refractivity contribution is 7.11. The van der Waals surface area contributed by atoms with Crippen LogP contribution in [0.2, 0.25) is 0 Å². The summed E-state index contributed by atoms with van der Waals surface area (Å²) in [6.45, 7) is 4.59. The summed E-state index contributed by atoms with van der Waals surface area (Å²) >= 11 is 1.60. The first-order valence-corrected chi connectivity index (χ1v) is 4.54. The maximum atomic E-state index is 9.81. The van der Waals surface area contributed by atoms with Crippen molar-refractivity contribution in [2.24, 2.45) is 4.99 Å². The lowest BCUT2D eigenvalue weighted by Crippen LogP contribution is -1.81. The Morgan fingerprint density at radius 1 is 1.75 bits per heavy atom. The fourth-order valence-electron chi connectivity index (χ4n) is 0.773. The molecule has 12 heavy (non-hydrogen) atoms. The molecule has 4 heteroatoms. The summed E-state index contributed by atoms with van der Waals surface area (Å²) in [6.07, 6.45) is 3.27. The van der Waals surface area contributed by atoms with Gasteiger partial charge in [-0.25, -0.2) is 14.8 Å². The van der Waals surface area contributed by atoms with Crippen molar-refractivity contribution in [2.45, 2.75) is 26.3 Å². The highest BCUT2D eigenvalue weighted by atomic mass is 32.1. The first kappa shape index (κ1) is 9.10. The molecule has 0 fully saturated rings. The van der Waals surface area contributed by atoms with Crippen molar-refractivity contribution < 1.29 is 4.79 Å². The van der Waals surface area contributed by atoms with E-state index in [1.165, 1.54) is 6.08 Å². The van der Waals surface area contributed by atoms with Crippen LogP contribution in [-0.2, 0) is 11.3 Å². The van der Waals surface area contributed by atoms with E-state index in [-0.39, 0.29) is 0 Å². The maximum absolute atomic E-state index is 9.81. The number of rotatable bonds is 3. The van der Waals surface area contributed by atoms with Crippen LogP contribution in [-0.4, -0.2) is 11.1 Å². The molecule has 0 radical (unpaired) electrons. The van der Waals surface area contributed by atoms with Gasteiger partial charge in [0.15, 0.2) is 0 Å². The lowest BCUT2D eigenvalue weighted by molar-refractivity contribution is 0.563. The van der Waals surface area contributed by atoms with E-state index in [0.717, 1.165) is 9.88 Å². The van der Waals surface area contributed by atoms with Gasteiger partial charge in [0.1, 0.15) is 0 Å². The number of carbonyl (C=O) groups excluding carboxylic acids is 1. The summed E-state index contributed by atoms with van der Waals surface area (Å²) in [5.74, 6) is 0.448. The molecule has 3 nitrogen and oxygen atoms in total. The molecule has 0 unspecified atom stereocenters. The Balaban J connectivity index is 2.70. The SMILES string of the molecule is CC(C)c1ncc(CN=C=O)s1. The molecule has 0 amide bonds. The Morgan fingerprint density at radius 3 is 3.00 bits per heavy atom. The molecule has 0 saturated heterocycles. The fourth-order valence-corrected chi connectivity index (χ4v) is 1.62. The van der Waals surface area contributed by atoms with E-state index in [1.807, 2.05) is 0 Å². The second-order valence-corrected chi connectivity index (χ2v) is 3.87. The molecule has 1 heterocycles. The molecule has 0 aliphatic rings. The van der Waals surface area contributed by atoms with Crippen LogP contribution in [0.15, 0.2) is 11.2 Å². The zero-order valence-corrected chi connectivity index (χ0v) is 7.89. The quantitative estimate of drug-likeness (QED) is 0.530. The average molecular weight is 182 g/mol. The lowest BCUT2D eigenvalue weighted by Gasteiger charge is -1.94. The van der Waals surface area contributed by atoms with Crippen molar-refractivity contribution in [3.8, 4) is 0 Å². The van der Waals surface area contributed by atoms with Gasteiger partial charge < -0.3 is 0 Å². The predicted molar refractivity (Wildman–Crippen MR) is 48.0 cm³/mol. The van der Waals surface area contributed by atoms with Gasteiger partial charge in [0.2, 0.25) is 6.08 Å².